The molecule has 0 saturated carbocycles. The van der Waals surface area contributed by atoms with Crippen LogP contribution in [-0.4, -0.2) is 30.5 Å². The zero-order valence-electron chi connectivity index (χ0n) is 10.2. The molecule has 1 heterocycles. The lowest BCUT2D eigenvalue weighted by molar-refractivity contribution is 0.276. The largest absolute Gasteiger partial charge is 0.341 e. The molecule has 1 saturated heterocycles. The second-order valence-electron chi connectivity index (χ2n) is 4.32. The summed E-state index contributed by atoms with van der Waals surface area (Å²) in [5, 5.41) is 0. The molecule has 0 spiro atoms. The summed E-state index contributed by atoms with van der Waals surface area (Å²) in [6.45, 7) is 9.52. The average Bonchev–Trinajstić information content (AvgIpc) is 2.71. The Morgan fingerprint density at radius 1 is 1.40 bits per heavy atom. The van der Waals surface area contributed by atoms with Gasteiger partial charge in [-0.25, -0.2) is 5.84 Å². The van der Waals surface area contributed by atoms with Crippen LogP contribution in [0, 0.1) is 5.41 Å². The van der Waals surface area contributed by atoms with Gasteiger partial charge in [0.1, 0.15) is 0 Å². The summed E-state index contributed by atoms with van der Waals surface area (Å²) < 4.78 is 0. The van der Waals surface area contributed by atoms with E-state index in [1.54, 1.807) is 0 Å². The van der Waals surface area contributed by atoms with Crippen molar-refractivity contribution < 1.29 is 0 Å². The summed E-state index contributed by atoms with van der Waals surface area (Å²) in [4.78, 5) is 6.64. The van der Waals surface area contributed by atoms with Gasteiger partial charge in [-0.05, 0) is 31.6 Å². The SMILES string of the molecule is CCN=C(NN)N1CCC(CC)(CC)C1. The Bertz CT molecular complexity index is 221. The molecule has 4 nitrogen and oxygen atoms in total. The van der Waals surface area contributed by atoms with E-state index in [1.807, 2.05) is 6.92 Å². The fourth-order valence-corrected chi connectivity index (χ4v) is 2.33. The highest BCUT2D eigenvalue weighted by Gasteiger charge is 2.35. The number of guanidine groups is 1. The van der Waals surface area contributed by atoms with Crippen molar-refractivity contribution in [2.24, 2.45) is 16.3 Å². The highest BCUT2D eigenvalue weighted by molar-refractivity contribution is 5.79. The zero-order chi connectivity index (χ0) is 11.3. The van der Waals surface area contributed by atoms with Gasteiger partial charge in [0, 0.05) is 19.6 Å². The molecule has 1 aliphatic heterocycles. The zero-order valence-corrected chi connectivity index (χ0v) is 10.2. The number of aliphatic imine (C=N–C) groups is 1. The summed E-state index contributed by atoms with van der Waals surface area (Å²) in [7, 11) is 0. The third-order valence-corrected chi connectivity index (χ3v) is 3.67. The number of hydrogen-bond donors (Lipinski definition) is 2. The summed E-state index contributed by atoms with van der Waals surface area (Å²) in [5.74, 6) is 6.34. The lowest BCUT2D eigenvalue weighted by Gasteiger charge is -2.27. The lowest BCUT2D eigenvalue weighted by Crippen LogP contribution is -2.44. The van der Waals surface area contributed by atoms with Gasteiger partial charge in [0.05, 0.1) is 0 Å². The molecule has 0 aromatic rings. The highest BCUT2D eigenvalue weighted by Crippen LogP contribution is 2.36. The van der Waals surface area contributed by atoms with Crippen LogP contribution in [0.1, 0.15) is 40.0 Å². The van der Waals surface area contributed by atoms with Crippen LogP contribution >= 0.6 is 0 Å². The molecule has 1 rings (SSSR count). The maximum Gasteiger partial charge on any atom is 0.208 e. The molecule has 0 amide bonds. The molecule has 4 heteroatoms. The van der Waals surface area contributed by atoms with Gasteiger partial charge in [0.15, 0.2) is 0 Å². The van der Waals surface area contributed by atoms with Crippen LogP contribution in [0.25, 0.3) is 0 Å². The van der Waals surface area contributed by atoms with E-state index >= 15 is 0 Å². The number of nitrogens with zero attached hydrogens (tertiary/aromatic N) is 2. The number of likely N-dealkylation sites (tertiary alicyclic amines) is 1. The lowest BCUT2D eigenvalue weighted by atomic mass is 9.82. The Labute approximate surface area is 92.9 Å². The summed E-state index contributed by atoms with van der Waals surface area (Å²) in [6, 6.07) is 0. The third kappa shape index (κ3) is 2.62. The van der Waals surface area contributed by atoms with Crippen LogP contribution in [0.15, 0.2) is 4.99 Å². The molecule has 0 unspecified atom stereocenters. The monoisotopic (exact) mass is 212 g/mol. The molecule has 0 atom stereocenters. The standard InChI is InChI=1S/C11H24N4/c1-4-11(5-2)7-8-15(9-11)10(14-12)13-6-3/h4-9,12H2,1-3H3,(H,13,14). The first-order valence-electron chi connectivity index (χ1n) is 5.97. The van der Waals surface area contributed by atoms with Crippen LogP contribution < -0.4 is 11.3 Å². The first-order chi connectivity index (χ1) is 7.21. The van der Waals surface area contributed by atoms with E-state index in [2.05, 4.69) is 29.2 Å². The van der Waals surface area contributed by atoms with Gasteiger partial charge in [-0.1, -0.05) is 13.8 Å². The number of nitrogens with two attached hydrogens (primary N) is 1. The van der Waals surface area contributed by atoms with Crippen LogP contribution in [-0.2, 0) is 0 Å². The fourth-order valence-electron chi connectivity index (χ4n) is 2.33. The van der Waals surface area contributed by atoms with E-state index in [0.29, 0.717) is 5.41 Å². The summed E-state index contributed by atoms with van der Waals surface area (Å²) in [5.41, 5.74) is 3.18. The van der Waals surface area contributed by atoms with Gasteiger partial charge in [-0.3, -0.25) is 10.4 Å². The van der Waals surface area contributed by atoms with Gasteiger partial charge in [0.2, 0.25) is 5.96 Å². The molecular weight excluding hydrogens is 188 g/mol. The van der Waals surface area contributed by atoms with Gasteiger partial charge in [-0.2, -0.15) is 0 Å². The van der Waals surface area contributed by atoms with Crippen molar-refractivity contribution >= 4 is 5.96 Å². The first kappa shape index (κ1) is 12.3. The molecule has 3 N–H and O–H groups in total. The number of rotatable bonds is 3. The second-order valence-corrected chi connectivity index (χ2v) is 4.32. The van der Waals surface area contributed by atoms with Crippen molar-refractivity contribution in [1.82, 2.24) is 10.3 Å². The topological polar surface area (TPSA) is 53.6 Å². The molecular formula is C11H24N4. The molecule has 1 fully saturated rings. The fraction of sp³-hybridized carbons (Fsp3) is 0.909. The van der Waals surface area contributed by atoms with E-state index in [9.17, 15) is 0 Å². The number of hydrazine groups is 1. The third-order valence-electron chi connectivity index (χ3n) is 3.67. The Kier molecular flexibility index (Phi) is 4.39. The van der Waals surface area contributed by atoms with Gasteiger partial charge in [-0.15, -0.1) is 0 Å². The Morgan fingerprint density at radius 2 is 2.07 bits per heavy atom. The van der Waals surface area contributed by atoms with Crippen molar-refractivity contribution in [3.63, 3.8) is 0 Å². The first-order valence-corrected chi connectivity index (χ1v) is 5.97. The van der Waals surface area contributed by atoms with E-state index in [-0.39, 0.29) is 0 Å². The quantitative estimate of drug-likeness (QED) is 0.321. The van der Waals surface area contributed by atoms with Crippen molar-refractivity contribution in [2.45, 2.75) is 40.0 Å². The van der Waals surface area contributed by atoms with E-state index in [0.717, 1.165) is 25.6 Å². The molecule has 0 aliphatic carbocycles. The molecule has 0 aromatic carbocycles. The van der Waals surface area contributed by atoms with Crippen LogP contribution in [0.2, 0.25) is 0 Å². The molecule has 0 bridgehead atoms. The molecule has 0 radical (unpaired) electrons. The number of hydrogen-bond acceptors (Lipinski definition) is 2. The van der Waals surface area contributed by atoms with E-state index in [1.165, 1.54) is 19.3 Å². The summed E-state index contributed by atoms with van der Waals surface area (Å²) in [6.07, 6.45) is 3.73. The van der Waals surface area contributed by atoms with Crippen molar-refractivity contribution in [1.29, 1.82) is 0 Å². The summed E-state index contributed by atoms with van der Waals surface area (Å²) >= 11 is 0. The van der Waals surface area contributed by atoms with Crippen LogP contribution in [0.4, 0.5) is 0 Å². The minimum absolute atomic E-state index is 0.478. The maximum atomic E-state index is 5.49. The Balaban J connectivity index is 2.65. The van der Waals surface area contributed by atoms with E-state index in [4.69, 9.17) is 5.84 Å². The van der Waals surface area contributed by atoms with Crippen molar-refractivity contribution in [2.75, 3.05) is 19.6 Å². The molecule has 1 aliphatic rings. The predicted octanol–water partition coefficient (Wildman–Crippen LogP) is 1.34. The van der Waals surface area contributed by atoms with Gasteiger partial charge < -0.3 is 4.90 Å². The smallest absolute Gasteiger partial charge is 0.208 e. The second kappa shape index (κ2) is 5.35. The average molecular weight is 212 g/mol. The molecule has 88 valence electrons. The molecule has 0 aromatic heterocycles. The minimum atomic E-state index is 0.478. The van der Waals surface area contributed by atoms with E-state index < -0.39 is 0 Å². The predicted molar refractivity (Wildman–Crippen MR) is 64.5 cm³/mol. The highest BCUT2D eigenvalue weighted by atomic mass is 15.4. The van der Waals surface area contributed by atoms with Gasteiger partial charge in [0.25, 0.3) is 0 Å². The Morgan fingerprint density at radius 3 is 2.47 bits per heavy atom. The normalized spacial score (nSPS) is 20.8. The van der Waals surface area contributed by atoms with Crippen molar-refractivity contribution in [3.05, 3.63) is 0 Å². The van der Waals surface area contributed by atoms with Gasteiger partial charge >= 0.3 is 0 Å². The molecule has 15 heavy (non-hydrogen) atoms. The van der Waals surface area contributed by atoms with Crippen LogP contribution in [0.5, 0.6) is 0 Å². The van der Waals surface area contributed by atoms with Crippen LogP contribution in [0.3, 0.4) is 0 Å². The maximum absolute atomic E-state index is 5.49. The minimum Gasteiger partial charge on any atom is -0.341 e. The number of nitrogens with one attached hydrogen (secondary N) is 1. The Hall–Kier alpha value is -0.770. The van der Waals surface area contributed by atoms with Crippen molar-refractivity contribution in [3.8, 4) is 0 Å².